The number of hydrogen-bond donors (Lipinski definition) is 2. The standard InChI is InChI=1S/C20H38N2O2.2HI/c1-15-13-21(5,6)17(3)11-19(15,23)9-10-20(24)12-18(4)22(7,8)14-16(20)2;;/h15-18,23-24H,11-14H2,1-8H3;2*1H/q+2;;/p-2. The van der Waals surface area contributed by atoms with Crippen LogP contribution in [0.2, 0.25) is 0 Å². The Morgan fingerprint density at radius 3 is 1.23 bits per heavy atom. The van der Waals surface area contributed by atoms with Crippen LogP contribution in [0.4, 0.5) is 0 Å². The average Bonchev–Trinajstić information content (AvgIpc) is 2.41. The van der Waals surface area contributed by atoms with Crippen molar-refractivity contribution in [1.29, 1.82) is 0 Å². The molecule has 26 heavy (non-hydrogen) atoms. The maximum atomic E-state index is 11.1. The van der Waals surface area contributed by atoms with Gasteiger partial charge in [0.1, 0.15) is 11.2 Å². The highest BCUT2D eigenvalue weighted by molar-refractivity contribution is 5.25. The number of halogens is 2. The third-order valence-corrected chi connectivity index (χ3v) is 7.21. The first kappa shape index (κ1) is 26.9. The molecule has 0 saturated carbocycles. The van der Waals surface area contributed by atoms with Gasteiger partial charge in [0.05, 0.1) is 53.4 Å². The molecule has 2 N–H and O–H groups in total. The van der Waals surface area contributed by atoms with Crippen molar-refractivity contribution < 1.29 is 67.1 Å². The molecule has 2 heterocycles. The number of nitrogens with zero attached hydrogens (tertiary/aromatic N) is 2. The van der Waals surface area contributed by atoms with Gasteiger partial charge in [-0.25, -0.2) is 0 Å². The summed E-state index contributed by atoms with van der Waals surface area (Å²) in [5, 5.41) is 22.3. The monoisotopic (exact) mass is 592 g/mol. The molecule has 0 aromatic heterocycles. The van der Waals surface area contributed by atoms with E-state index in [9.17, 15) is 10.2 Å². The van der Waals surface area contributed by atoms with Crippen LogP contribution in [-0.2, 0) is 0 Å². The van der Waals surface area contributed by atoms with Crippen LogP contribution in [0.5, 0.6) is 0 Å². The molecule has 0 spiro atoms. The van der Waals surface area contributed by atoms with Gasteiger partial charge in [-0.2, -0.15) is 0 Å². The fraction of sp³-hybridized carbons (Fsp3) is 0.900. The number of piperidine rings is 2. The first-order valence-corrected chi connectivity index (χ1v) is 9.36. The Kier molecular flexibility index (Phi) is 8.99. The number of rotatable bonds is 0. The van der Waals surface area contributed by atoms with Crippen molar-refractivity contribution in [3.05, 3.63) is 0 Å². The van der Waals surface area contributed by atoms with Crippen LogP contribution in [0.1, 0.15) is 40.5 Å². The molecular weight excluding hydrogens is 554 g/mol. The van der Waals surface area contributed by atoms with Gasteiger partial charge < -0.3 is 67.1 Å². The lowest BCUT2D eigenvalue weighted by Crippen LogP contribution is -3.00. The molecule has 0 amide bonds. The Labute approximate surface area is 194 Å². The summed E-state index contributed by atoms with van der Waals surface area (Å²) in [4.78, 5) is 0. The fourth-order valence-corrected chi connectivity index (χ4v) is 4.44. The van der Waals surface area contributed by atoms with Crippen LogP contribution in [0.25, 0.3) is 0 Å². The van der Waals surface area contributed by atoms with Gasteiger partial charge in [0.15, 0.2) is 0 Å². The van der Waals surface area contributed by atoms with E-state index >= 15 is 0 Å². The molecule has 2 aliphatic heterocycles. The molecule has 154 valence electrons. The molecule has 4 nitrogen and oxygen atoms in total. The molecule has 0 radical (unpaired) electrons. The fourth-order valence-electron chi connectivity index (χ4n) is 4.44. The second-order valence-corrected chi connectivity index (χ2v) is 9.93. The summed E-state index contributed by atoms with van der Waals surface area (Å²) in [5.41, 5.74) is -1.98. The van der Waals surface area contributed by atoms with Gasteiger partial charge in [-0.15, -0.1) is 0 Å². The van der Waals surface area contributed by atoms with Gasteiger partial charge in [-0.3, -0.25) is 0 Å². The van der Waals surface area contributed by atoms with Gasteiger partial charge in [0.25, 0.3) is 0 Å². The maximum Gasteiger partial charge on any atom is 0.139 e. The first-order valence-electron chi connectivity index (χ1n) is 9.36. The molecule has 2 saturated heterocycles. The van der Waals surface area contributed by atoms with Crippen molar-refractivity contribution in [2.75, 3.05) is 41.3 Å². The smallest absolute Gasteiger partial charge is 0.139 e. The van der Waals surface area contributed by atoms with Crippen molar-refractivity contribution in [2.45, 2.75) is 63.8 Å². The minimum absolute atomic E-state index is 0. The van der Waals surface area contributed by atoms with Crippen molar-refractivity contribution in [3.63, 3.8) is 0 Å². The van der Waals surface area contributed by atoms with Gasteiger partial charge in [-0.05, 0) is 13.8 Å². The number of quaternary nitrogens is 2. The minimum atomic E-state index is -0.992. The van der Waals surface area contributed by atoms with Crippen molar-refractivity contribution in [2.24, 2.45) is 11.8 Å². The summed E-state index contributed by atoms with van der Waals surface area (Å²) in [7, 11) is 8.86. The van der Waals surface area contributed by atoms with Gasteiger partial charge in [-0.1, -0.05) is 25.7 Å². The lowest BCUT2D eigenvalue weighted by Gasteiger charge is -2.49. The Bertz CT molecular complexity index is 512. The zero-order chi connectivity index (χ0) is 18.6. The second-order valence-electron chi connectivity index (χ2n) is 9.93. The minimum Gasteiger partial charge on any atom is -1.00 e. The van der Waals surface area contributed by atoms with E-state index < -0.39 is 11.2 Å². The number of likely N-dealkylation sites (tertiary alicyclic amines) is 2. The lowest BCUT2D eigenvalue weighted by atomic mass is 9.75. The van der Waals surface area contributed by atoms with Crippen molar-refractivity contribution >= 4 is 0 Å². The molecule has 0 bridgehead atoms. The van der Waals surface area contributed by atoms with Crippen LogP contribution in [-0.4, -0.2) is 83.7 Å². The van der Waals surface area contributed by atoms with E-state index in [0.717, 1.165) is 22.1 Å². The molecule has 6 atom stereocenters. The maximum absolute atomic E-state index is 11.1. The van der Waals surface area contributed by atoms with Crippen LogP contribution < -0.4 is 48.0 Å². The molecule has 6 heteroatoms. The van der Waals surface area contributed by atoms with E-state index in [0.29, 0.717) is 24.9 Å². The Balaban J connectivity index is 0.00000312. The summed E-state index contributed by atoms with van der Waals surface area (Å²) in [6.45, 7) is 10.3. The summed E-state index contributed by atoms with van der Waals surface area (Å²) >= 11 is 0. The van der Waals surface area contributed by atoms with Crippen molar-refractivity contribution in [1.82, 2.24) is 0 Å². The number of aliphatic hydroxyl groups is 2. The van der Waals surface area contributed by atoms with Gasteiger partial charge in [0, 0.05) is 24.7 Å². The van der Waals surface area contributed by atoms with E-state index in [1.54, 1.807) is 0 Å². The zero-order valence-corrected chi connectivity index (χ0v) is 22.0. The Morgan fingerprint density at radius 1 is 0.692 bits per heavy atom. The summed E-state index contributed by atoms with van der Waals surface area (Å²) in [6.07, 6.45) is 1.32. The molecular formula is C20H38I2N2O2. The topological polar surface area (TPSA) is 40.5 Å². The molecule has 0 aromatic carbocycles. The van der Waals surface area contributed by atoms with Crippen LogP contribution >= 0.6 is 0 Å². The molecule has 2 aliphatic rings. The predicted octanol–water partition coefficient (Wildman–Crippen LogP) is -4.53. The molecule has 0 aromatic rings. The number of hydrogen-bond acceptors (Lipinski definition) is 2. The third kappa shape index (κ3) is 5.26. The summed E-state index contributed by atoms with van der Waals surface area (Å²) in [6, 6.07) is 0.710. The predicted molar refractivity (Wildman–Crippen MR) is 98.1 cm³/mol. The highest BCUT2D eigenvalue weighted by atomic mass is 127. The molecule has 2 fully saturated rings. The van der Waals surface area contributed by atoms with Gasteiger partial charge in [0.2, 0.25) is 0 Å². The molecule has 6 unspecified atom stereocenters. The van der Waals surface area contributed by atoms with E-state index in [4.69, 9.17) is 0 Å². The Morgan fingerprint density at radius 2 is 0.962 bits per heavy atom. The van der Waals surface area contributed by atoms with E-state index in [1.165, 1.54) is 0 Å². The first-order chi connectivity index (χ1) is 10.7. The largest absolute Gasteiger partial charge is 1.00 e. The summed E-state index contributed by atoms with van der Waals surface area (Å²) in [5.74, 6) is 6.49. The quantitative estimate of drug-likeness (QED) is 0.169. The average molecular weight is 592 g/mol. The van der Waals surface area contributed by atoms with E-state index in [2.05, 4.69) is 67.7 Å². The SMILES string of the molecule is CC1C[N+](C)(C)C(C)CC1(O)C#CC1(O)CC(C)[N+](C)(C)CC1C.[I-].[I-]. The zero-order valence-electron chi connectivity index (χ0n) is 17.7. The van der Waals surface area contributed by atoms with Crippen LogP contribution in [0.3, 0.4) is 0 Å². The van der Waals surface area contributed by atoms with Crippen LogP contribution in [0.15, 0.2) is 0 Å². The van der Waals surface area contributed by atoms with Crippen LogP contribution in [0, 0.1) is 23.7 Å². The third-order valence-electron chi connectivity index (χ3n) is 7.21. The Hall–Kier alpha value is 0.860. The van der Waals surface area contributed by atoms with E-state index in [-0.39, 0.29) is 59.8 Å². The second kappa shape index (κ2) is 8.70. The molecule has 0 aliphatic carbocycles. The highest BCUT2D eigenvalue weighted by Gasteiger charge is 2.49. The summed E-state index contributed by atoms with van der Waals surface area (Å²) < 4.78 is 1.82. The normalized spacial score (nSPS) is 43.9. The van der Waals surface area contributed by atoms with E-state index in [1.807, 2.05) is 0 Å². The van der Waals surface area contributed by atoms with Crippen molar-refractivity contribution in [3.8, 4) is 11.8 Å². The van der Waals surface area contributed by atoms with Gasteiger partial charge >= 0.3 is 0 Å². The lowest BCUT2D eigenvalue weighted by molar-refractivity contribution is -0.924. The molecule has 2 rings (SSSR count). The highest BCUT2D eigenvalue weighted by Crippen LogP contribution is 2.36.